The van der Waals surface area contributed by atoms with Crippen molar-refractivity contribution in [2.45, 2.75) is 13.0 Å². The van der Waals surface area contributed by atoms with Crippen LogP contribution in [0.25, 0.3) is 11.2 Å². The van der Waals surface area contributed by atoms with E-state index in [4.69, 9.17) is 5.11 Å². The summed E-state index contributed by atoms with van der Waals surface area (Å²) in [6.45, 7) is 1.44. The number of nitrogens with zero attached hydrogens (tertiary/aromatic N) is 4. The second-order valence-corrected chi connectivity index (χ2v) is 4.04. The molecular formula is C10H13ClN4O4. The van der Waals surface area contributed by atoms with Gasteiger partial charge in [-0.15, -0.1) is 12.4 Å². The number of carbonyl (C=O) groups is 1. The van der Waals surface area contributed by atoms with Crippen LogP contribution in [0.4, 0.5) is 0 Å². The Morgan fingerprint density at radius 3 is 2.42 bits per heavy atom. The quantitative estimate of drug-likeness (QED) is 0.803. The predicted octanol–water partition coefficient (Wildman–Crippen LogP) is -0.499. The first-order valence-electron chi connectivity index (χ1n) is 5.21. The Morgan fingerprint density at radius 1 is 1.32 bits per heavy atom. The summed E-state index contributed by atoms with van der Waals surface area (Å²) in [7, 11) is 2.82. The molecule has 0 saturated carbocycles. The van der Waals surface area contributed by atoms with Crippen LogP contribution in [0.5, 0.6) is 0 Å². The number of carboxylic acid groups (broad SMARTS) is 1. The molecule has 0 unspecified atom stereocenters. The summed E-state index contributed by atoms with van der Waals surface area (Å²) in [4.78, 5) is 38.6. The van der Waals surface area contributed by atoms with Crippen LogP contribution in [-0.4, -0.2) is 29.8 Å². The molecule has 0 saturated heterocycles. The van der Waals surface area contributed by atoms with Crippen molar-refractivity contribution in [3.8, 4) is 0 Å². The van der Waals surface area contributed by atoms with Gasteiger partial charge in [-0.2, -0.15) is 0 Å². The molecule has 0 amide bonds. The largest absolute Gasteiger partial charge is 0.480 e. The molecule has 0 spiro atoms. The summed E-state index contributed by atoms with van der Waals surface area (Å²) in [6.07, 6.45) is 1.25. The average Bonchev–Trinajstić information content (AvgIpc) is 2.77. The van der Waals surface area contributed by atoms with Gasteiger partial charge in [0.15, 0.2) is 11.2 Å². The Morgan fingerprint density at radius 2 is 1.89 bits per heavy atom. The number of hydrogen-bond donors (Lipinski definition) is 1. The maximum atomic E-state index is 12.0. The number of hydrogen-bond acceptors (Lipinski definition) is 4. The van der Waals surface area contributed by atoms with Gasteiger partial charge in [-0.05, 0) is 6.92 Å². The second kappa shape index (κ2) is 4.88. The number of fused-ring (bicyclic) bond motifs is 1. The zero-order valence-corrected chi connectivity index (χ0v) is 11.3. The number of aromatic nitrogens is 4. The number of aliphatic carboxylic acids is 1. The SMILES string of the molecule is C[C@@H](C(=O)O)n1cnc2c1c(=O)n(C)c(=O)n2C.Cl. The maximum Gasteiger partial charge on any atom is 0.332 e. The molecule has 0 aliphatic rings. The molecular weight excluding hydrogens is 276 g/mol. The van der Waals surface area contributed by atoms with Crippen molar-refractivity contribution in [2.24, 2.45) is 14.1 Å². The molecule has 19 heavy (non-hydrogen) atoms. The number of halogens is 1. The zero-order valence-electron chi connectivity index (χ0n) is 10.5. The highest BCUT2D eigenvalue weighted by molar-refractivity contribution is 5.85. The fourth-order valence-electron chi connectivity index (χ4n) is 1.78. The van der Waals surface area contributed by atoms with Crippen LogP contribution >= 0.6 is 12.4 Å². The molecule has 1 N–H and O–H groups in total. The van der Waals surface area contributed by atoms with Gasteiger partial charge in [-0.1, -0.05) is 0 Å². The van der Waals surface area contributed by atoms with Gasteiger partial charge in [0.1, 0.15) is 6.04 Å². The monoisotopic (exact) mass is 288 g/mol. The Kier molecular flexibility index (Phi) is 3.85. The average molecular weight is 289 g/mol. The van der Waals surface area contributed by atoms with Crippen molar-refractivity contribution in [2.75, 3.05) is 0 Å². The molecule has 0 aliphatic heterocycles. The predicted molar refractivity (Wildman–Crippen MR) is 69.8 cm³/mol. The van der Waals surface area contributed by atoms with Crippen LogP contribution in [0.3, 0.4) is 0 Å². The lowest BCUT2D eigenvalue weighted by molar-refractivity contribution is -0.140. The zero-order chi connectivity index (χ0) is 13.6. The molecule has 1 atom stereocenters. The van der Waals surface area contributed by atoms with Crippen LogP contribution in [0.2, 0.25) is 0 Å². The van der Waals surface area contributed by atoms with Crippen molar-refractivity contribution in [1.82, 2.24) is 18.7 Å². The van der Waals surface area contributed by atoms with E-state index in [0.717, 1.165) is 4.57 Å². The first kappa shape index (κ1) is 15.0. The van der Waals surface area contributed by atoms with Crippen LogP contribution in [0.1, 0.15) is 13.0 Å². The molecule has 0 aliphatic carbocycles. The van der Waals surface area contributed by atoms with Crippen LogP contribution in [0.15, 0.2) is 15.9 Å². The summed E-state index contributed by atoms with van der Waals surface area (Å²) in [5.74, 6) is -1.08. The molecule has 2 rings (SSSR count). The molecule has 0 radical (unpaired) electrons. The molecule has 2 aromatic rings. The van der Waals surface area contributed by atoms with E-state index in [9.17, 15) is 14.4 Å². The third-order valence-corrected chi connectivity index (χ3v) is 2.95. The van der Waals surface area contributed by atoms with Gasteiger partial charge in [0.25, 0.3) is 5.56 Å². The Bertz CT molecular complexity index is 757. The highest BCUT2D eigenvalue weighted by Gasteiger charge is 2.20. The van der Waals surface area contributed by atoms with Crippen LogP contribution < -0.4 is 11.2 Å². The minimum Gasteiger partial charge on any atom is -0.480 e. The van der Waals surface area contributed by atoms with Gasteiger partial charge >= 0.3 is 11.7 Å². The topological polar surface area (TPSA) is 99.1 Å². The van der Waals surface area contributed by atoms with E-state index in [-0.39, 0.29) is 23.6 Å². The van der Waals surface area contributed by atoms with E-state index in [0.29, 0.717) is 0 Å². The summed E-state index contributed by atoms with van der Waals surface area (Å²) >= 11 is 0. The lowest BCUT2D eigenvalue weighted by Crippen LogP contribution is -2.38. The Labute approximate surface area is 113 Å². The van der Waals surface area contributed by atoms with Crippen LogP contribution in [-0.2, 0) is 18.9 Å². The molecule has 0 fully saturated rings. The van der Waals surface area contributed by atoms with Gasteiger partial charge in [0.2, 0.25) is 0 Å². The van der Waals surface area contributed by atoms with Crippen molar-refractivity contribution in [1.29, 1.82) is 0 Å². The minimum absolute atomic E-state index is 0. The fraction of sp³-hybridized carbons (Fsp3) is 0.400. The van der Waals surface area contributed by atoms with E-state index in [1.165, 1.54) is 36.5 Å². The summed E-state index contributed by atoms with van der Waals surface area (Å²) < 4.78 is 3.39. The van der Waals surface area contributed by atoms with Crippen molar-refractivity contribution < 1.29 is 9.90 Å². The molecule has 0 bridgehead atoms. The maximum absolute atomic E-state index is 12.0. The molecule has 2 heterocycles. The Hall–Kier alpha value is -2.09. The number of aryl methyl sites for hydroxylation is 1. The van der Waals surface area contributed by atoms with Gasteiger partial charge in [0.05, 0.1) is 6.33 Å². The first-order chi connectivity index (χ1) is 8.36. The minimum atomic E-state index is -1.08. The molecule has 9 heteroatoms. The molecule has 2 aromatic heterocycles. The Balaban J connectivity index is 0.00000180. The molecule has 104 valence electrons. The lowest BCUT2D eigenvalue weighted by atomic mass is 10.3. The number of carboxylic acids is 1. The van der Waals surface area contributed by atoms with Crippen LogP contribution in [0, 0.1) is 0 Å². The summed E-state index contributed by atoms with van der Waals surface area (Å²) in [6, 6.07) is -0.930. The highest BCUT2D eigenvalue weighted by Crippen LogP contribution is 2.12. The fourth-order valence-corrected chi connectivity index (χ4v) is 1.78. The second-order valence-electron chi connectivity index (χ2n) is 4.04. The first-order valence-corrected chi connectivity index (χ1v) is 5.21. The van der Waals surface area contributed by atoms with E-state index in [1.807, 2.05) is 0 Å². The van der Waals surface area contributed by atoms with Gasteiger partial charge < -0.3 is 9.67 Å². The summed E-state index contributed by atoms with van der Waals surface area (Å²) in [5, 5.41) is 8.97. The van der Waals surface area contributed by atoms with Crippen molar-refractivity contribution >= 4 is 29.5 Å². The van der Waals surface area contributed by atoms with E-state index >= 15 is 0 Å². The van der Waals surface area contributed by atoms with E-state index < -0.39 is 23.3 Å². The smallest absolute Gasteiger partial charge is 0.332 e. The van der Waals surface area contributed by atoms with Gasteiger partial charge in [-0.25, -0.2) is 14.6 Å². The molecule has 0 aromatic carbocycles. The van der Waals surface area contributed by atoms with Crippen molar-refractivity contribution in [3.63, 3.8) is 0 Å². The van der Waals surface area contributed by atoms with Gasteiger partial charge in [0, 0.05) is 14.1 Å². The van der Waals surface area contributed by atoms with Gasteiger partial charge in [-0.3, -0.25) is 13.9 Å². The normalized spacial score (nSPS) is 12.2. The van der Waals surface area contributed by atoms with E-state index in [1.54, 1.807) is 0 Å². The highest BCUT2D eigenvalue weighted by atomic mass is 35.5. The lowest BCUT2D eigenvalue weighted by Gasteiger charge is -2.09. The summed E-state index contributed by atoms with van der Waals surface area (Å²) in [5.41, 5.74) is -0.773. The third-order valence-electron chi connectivity index (χ3n) is 2.95. The van der Waals surface area contributed by atoms with E-state index in [2.05, 4.69) is 4.98 Å². The number of imidazole rings is 1. The number of rotatable bonds is 2. The standard InChI is InChI=1S/C10H12N4O4.ClH/c1-5(9(16)17)14-4-11-7-6(14)8(15)13(3)10(18)12(7)2;/h4-5H,1-3H3,(H,16,17);1H/t5-;/m0./s1. The van der Waals surface area contributed by atoms with Crippen molar-refractivity contribution in [3.05, 3.63) is 27.2 Å². The molecule has 8 nitrogen and oxygen atoms in total. The third kappa shape index (κ3) is 2.03.